The van der Waals surface area contributed by atoms with Crippen molar-refractivity contribution < 1.29 is 9.53 Å². The van der Waals surface area contributed by atoms with Gasteiger partial charge in [0.25, 0.3) is 0 Å². The fourth-order valence-corrected chi connectivity index (χ4v) is 1.65. The number of esters is 1. The Balaban J connectivity index is 2.10. The molecule has 0 spiro atoms. The van der Waals surface area contributed by atoms with Crippen molar-refractivity contribution in [1.82, 2.24) is 5.32 Å². The van der Waals surface area contributed by atoms with Crippen LogP contribution in [0.5, 0.6) is 0 Å². The monoisotopic (exact) mass is 195 g/mol. The largest absolute Gasteiger partial charge is 0.461 e. The van der Waals surface area contributed by atoms with Crippen molar-refractivity contribution in [2.45, 2.75) is 38.2 Å². The van der Waals surface area contributed by atoms with Gasteiger partial charge in [0.1, 0.15) is 6.10 Å². The zero-order valence-electron chi connectivity index (χ0n) is 8.42. The number of carbonyl (C=O) groups excluding carboxylic acids is 1. The third-order valence-corrected chi connectivity index (χ3v) is 2.35. The SMILES string of the molecule is C#CCNCC(=O)OC1CCCCC1. The molecule has 1 aliphatic rings. The Bertz CT molecular complexity index is 214. The molecule has 78 valence electrons. The van der Waals surface area contributed by atoms with Gasteiger partial charge in [-0.25, -0.2) is 0 Å². The lowest BCUT2D eigenvalue weighted by molar-refractivity contribution is -0.149. The van der Waals surface area contributed by atoms with Gasteiger partial charge >= 0.3 is 5.97 Å². The van der Waals surface area contributed by atoms with E-state index >= 15 is 0 Å². The molecule has 3 nitrogen and oxygen atoms in total. The molecule has 0 aliphatic heterocycles. The predicted molar refractivity (Wildman–Crippen MR) is 54.7 cm³/mol. The van der Waals surface area contributed by atoms with E-state index < -0.39 is 0 Å². The fourth-order valence-electron chi connectivity index (χ4n) is 1.65. The summed E-state index contributed by atoms with van der Waals surface area (Å²) in [7, 11) is 0. The van der Waals surface area contributed by atoms with Crippen molar-refractivity contribution in [3.8, 4) is 12.3 Å². The Morgan fingerprint density at radius 1 is 1.43 bits per heavy atom. The second-order valence-electron chi connectivity index (χ2n) is 3.56. The fraction of sp³-hybridized carbons (Fsp3) is 0.727. The molecule has 0 saturated heterocycles. The highest BCUT2D eigenvalue weighted by atomic mass is 16.5. The van der Waals surface area contributed by atoms with Crippen LogP contribution in [0.3, 0.4) is 0 Å². The Kier molecular flexibility index (Phi) is 5.09. The maximum absolute atomic E-state index is 11.2. The van der Waals surface area contributed by atoms with E-state index in [4.69, 9.17) is 11.2 Å². The molecule has 0 radical (unpaired) electrons. The van der Waals surface area contributed by atoms with Crippen LogP contribution in [-0.2, 0) is 9.53 Å². The molecule has 14 heavy (non-hydrogen) atoms. The number of rotatable bonds is 4. The zero-order valence-corrected chi connectivity index (χ0v) is 8.42. The van der Waals surface area contributed by atoms with E-state index in [0.717, 1.165) is 12.8 Å². The molecule has 0 amide bonds. The summed E-state index contributed by atoms with van der Waals surface area (Å²) in [5.74, 6) is 2.22. The highest BCUT2D eigenvalue weighted by molar-refractivity contribution is 5.71. The first-order valence-corrected chi connectivity index (χ1v) is 5.16. The summed E-state index contributed by atoms with van der Waals surface area (Å²) in [6.45, 7) is 0.639. The molecular formula is C11H17NO2. The number of hydrogen-bond donors (Lipinski definition) is 1. The molecule has 1 aliphatic carbocycles. The van der Waals surface area contributed by atoms with Gasteiger partial charge in [-0.1, -0.05) is 12.3 Å². The lowest BCUT2D eigenvalue weighted by Gasteiger charge is -2.21. The van der Waals surface area contributed by atoms with Crippen LogP contribution < -0.4 is 5.32 Å². The van der Waals surface area contributed by atoms with E-state index in [2.05, 4.69) is 11.2 Å². The van der Waals surface area contributed by atoms with Crippen molar-refractivity contribution >= 4 is 5.97 Å². The minimum absolute atomic E-state index is 0.142. The van der Waals surface area contributed by atoms with Gasteiger partial charge in [0.15, 0.2) is 0 Å². The second-order valence-corrected chi connectivity index (χ2v) is 3.56. The smallest absolute Gasteiger partial charge is 0.320 e. The van der Waals surface area contributed by atoms with Gasteiger partial charge in [-0.3, -0.25) is 10.1 Å². The van der Waals surface area contributed by atoms with Crippen LogP contribution in [0.4, 0.5) is 0 Å². The molecule has 0 atom stereocenters. The molecule has 1 rings (SSSR count). The molecule has 0 aromatic heterocycles. The van der Waals surface area contributed by atoms with Crippen molar-refractivity contribution in [2.75, 3.05) is 13.1 Å². The normalized spacial score (nSPS) is 17.4. The first kappa shape index (κ1) is 11.1. The molecule has 0 aromatic carbocycles. The quantitative estimate of drug-likeness (QED) is 0.414. The third-order valence-electron chi connectivity index (χ3n) is 2.35. The summed E-state index contributed by atoms with van der Waals surface area (Å²) in [5, 5.41) is 2.81. The summed E-state index contributed by atoms with van der Waals surface area (Å²) in [6, 6.07) is 0. The van der Waals surface area contributed by atoms with E-state index in [1.807, 2.05) is 0 Å². The van der Waals surface area contributed by atoms with Gasteiger partial charge in [-0.2, -0.15) is 0 Å². The van der Waals surface area contributed by atoms with Crippen molar-refractivity contribution in [2.24, 2.45) is 0 Å². The average Bonchev–Trinajstić information content (AvgIpc) is 2.20. The summed E-state index contributed by atoms with van der Waals surface area (Å²) in [4.78, 5) is 11.2. The van der Waals surface area contributed by atoms with Crippen LogP contribution >= 0.6 is 0 Å². The molecule has 1 N–H and O–H groups in total. The molecule has 1 fully saturated rings. The first-order chi connectivity index (χ1) is 6.83. The summed E-state index contributed by atoms with van der Waals surface area (Å²) < 4.78 is 5.27. The molecule has 0 bridgehead atoms. The van der Waals surface area contributed by atoms with Gasteiger partial charge in [0, 0.05) is 0 Å². The van der Waals surface area contributed by atoms with Gasteiger partial charge in [0.2, 0.25) is 0 Å². The molecule has 1 saturated carbocycles. The average molecular weight is 195 g/mol. The van der Waals surface area contributed by atoms with Gasteiger partial charge in [-0.05, 0) is 25.7 Å². The van der Waals surface area contributed by atoms with Crippen LogP contribution in [0.2, 0.25) is 0 Å². The van der Waals surface area contributed by atoms with Crippen molar-refractivity contribution in [3.63, 3.8) is 0 Å². The number of ether oxygens (including phenoxy) is 1. The summed E-state index contributed by atoms with van der Waals surface area (Å²) in [5.41, 5.74) is 0. The van der Waals surface area contributed by atoms with Gasteiger partial charge in [0.05, 0.1) is 13.1 Å². The topological polar surface area (TPSA) is 38.3 Å². The van der Waals surface area contributed by atoms with E-state index in [-0.39, 0.29) is 18.6 Å². The number of carbonyl (C=O) groups is 1. The highest BCUT2D eigenvalue weighted by Crippen LogP contribution is 2.20. The number of nitrogens with one attached hydrogen (secondary N) is 1. The molecule has 0 heterocycles. The molecular weight excluding hydrogens is 178 g/mol. The van der Waals surface area contributed by atoms with Crippen LogP contribution in [-0.4, -0.2) is 25.2 Å². The van der Waals surface area contributed by atoms with Gasteiger partial charge < -0.3 is 4.74 Å². The van der Waals surface area contributed by atoms with E-state index in [0.29, 0.717) is 6.54 Å². The minimum Gasteiger partial charge on any atom is -0.461 e. The molecule has 0 aromatic rings. The standard InChI is InChI=1S/C11H17NO2/c1-2-8-12-9-11(13)14-10-6-4-3-5-7-10/h1,10,12H,3-9H2. The Morgan fingerprint density at radius 2 is 2.14 bits per heavy atom. The highest BCUT2D eigenvalue weighted by Gasteiger charge is 2.16. The van der Waals surface area contributed by atoms with Gasteiger partial charge in [-0.15, -0.1) is 6.42 Å². The lowest BCUT2D eigenvalue weighted by atomic mass is 9.98. The van der Waals surface area contributed by atoms with E-state index in [9.17, 15) is 4.79 Å². The minimum atomic E-state index is -0.188. The summed E-state index contributed by atoms with van der Waals surface area (Å²) in [6.07, 6.45) is 10.8. The van der Waals surface area contributed by atoms with Crippen LogP contribution in [0.1, 0.15) is 32.1 Å². The predicted octanol–water partition coefficient (Wildman–Crippen LogP) is 1.09. The van der Waals surface area contributed by atoms with E-state index in [1.54, 1.807) is 0 Å². The van der Waals surface area contributed by atoms with Crippen LogP contribution in [0, 0.1) is 12.3 Å². The molecule has 0 unspecified atom stereocenters. The Hall–Kier alpha value is -1.01. The number of hydrogen-bond acceptors (Lipinski definition) is 3. The molecule has 3 heteroatoms. The first-order valence-electron chi connectivity index (χ1n) is 5.16. The maximum atomic E-state index is 11.2. The van der Waals surface area contributed by atoms with Crippen LogP contribution in [0.15, 0.2) is 0 Å². The second kappa shape index (κ2) is 6.44. The van der Waals surface area contributed by atoms with Crippen LogP contribution in [0.25, 0.3) is 0 Å². The van der Waals surface area contributed by atoms with Crippen molar-refractivity contribution in [3.05, 3.63) is 0 Å². The maximum Gasteiger partial charge on any atom is 0.320 e. The third kappa shape index (κ3) is 4.29. The Morgan fingerprint density at radius 3 is 2.79 bits per heavy atom. The summed E-state index contributed by atoms with van der Waals surface area (Å²) >= 11 is 0. The van der Waals surface area contributed by atoms with E-state index in [1.165, 1.54) is 19.3 Å². The Labute approximate surface area is 85.2 Å². The number of terminal acetylenes is 1. The van der Waals surface area contributed by atoms with Crippen molar-refractivity contribution in [1.29, 1.82) is 0 Å². The zero-order chi connectivity index (χ0) is 10.2. The lowest BCUT2D eigenvalue weighted by Crippen LogP contribution is -2.29.